The van der Waals surface area contributed by atoms with E-state index in [-0.39, 0.29) is 11.7 Å². The number of halogens is 1. The lowest BCUT2D eigenvalue weighted by molar-refractivity contribution is -0.134. The topological polar surface area (TPSA) is 63.2 Å². The Balaban J connectivity index is 1.55. The zero-order valence-electron chi connectivity index (χ0n) is 11.6. The Kier molecular flexibility index (Phi) is 3.51. The number of hydrogen-bond donors (Lipinski definition) is 1. The number of hydrogen-bond acceptors (Lipinski definition) is 3. The Morgan fingerprint density at radius 3 is 2.38 bits per heavy atom. The molecule has 0 atom stereocenters. The van der Waals surface area contributed by atoms with Gasteiger partial charge in [-0.2, -0.15) is 0 Å². The van der Waals surface area contributed by atoms with E-state index in [1.807, 2.05) is 0 Å². The minimum atomic E-state index is -3.72. The molecule has 0 radical (unpaired) electrons. The Labute approximate surface area is 123 Å². The first kappa shape index (κ1) is 14.5. The minimum Gasteiger partial charge on any atom is -0.274 e. The molecule has 0 heterocycles. The van der Waals surface area contributed by atoms with Gasteiger partial charge in [-0.1, -0.05) is 18.6 Å². The van der Waals surface area contributed by atoms with Gasteiger partial charge in [0.15, 0.2) is 0 Å². The van der Waals surface area contributed by atoms with Gasteiger partial charge in [0.05, 0.1) is 5.75 Å². The molecule has 4 nitrogen and oxygen atoms in total. The average Bonchev–Trinajstić information content (AvgIpc) is 2.27. The number of carbonyl (C=O) groups is 1. The molecule has 1 aromatic carbocycles. The van der Waals surface area contributed by atoms with Crippen LogP contribution in [0.25, 0.3) is 0 Å². The number of carbonyl (C=O) groups excluding carboxylic acids is 1. The van der Waals surface area contributed by atoms with E-state index in [0.717, 1.165) is 12.8 Å². The smallest absolute Gasteiger partial charge is 0.239 e. The highest BCUT2D eigenvalue weighted by Crippen LogP contribution is 2.58. The van der Waals surface area contributed by atoms with E-state index < -0.39 is 21.7 Å². The van der Waals surface area contributed by atoms with Gasteiger partial charge in [0, 0.05) is 5.92 Å². The fraction of sp³-hybridized carbons (Fsp3) is 0.533. The van der Waals surface area contributed by atoms with Crippen molar-refractivity contribution in [3.05, 3.63) is 35.6 Å². The van der Waals surface area contributed by atoms with Gasteiger partial charge in [-0.3, -0.25) is 9.52 Å². The van der Waals surface area contributed by atoms with E-state index in [1.54, 1.807) is 0 Å². The first-order chi connectivity index (χ1) is 9.88. The molecule has 6 heteroatoms. The van der Waals surface area contributed by atoms with Gasteiger partial charge in [0.2, 0.25) is 15.9 Å². The van der Waals surface area contributed by atoms with Crippen molar-refractivity contribution in [2.75, 3.05) is 0 Å². The number of amides is 1. The van der Waals surface area contributed by atoms with E-state index in [9.17, 15) is 17.6 Å². The normalized spacial score (nSPS) is 20.6. The zero-order valence-corrected chi connectivity index (χ0v) is 12.5. The maximum absolute atomic E-state index is 12.8. The van der Waals surface area contributed by atoms with Crippen LogP contribution in [0, 0.1) is 17.2 Å². The van der Waals surface area contributed by atoms with E-state index in [0.29, 0.717) is 11.0 Å². The lowest BCUT2D eigenvalue weighted by atomic mass is 9.52. The summed E-state index contributed by atoms with van der Waals surface area (Å²) in [6.07, 6.45) is 5.17. The number of sulfonamides is 1. The molecule has 2 saturated carbocycles. The molecule has 3 rings (SSSR count). The van der Waals surface area contributed by atoms with Crippen molar-refractivity contribution < 1.29 is 17.6 Å². The van der Waals surface area contributed by atoms with Crippen molar-refractivity contribution in [1.29, 1.82) is 0 Å². The summed E-state index contributed by atoms with van der Waals surface area (Å²) in [5, 5.41) is 0. The van der Waals surface area contributed by atoms with Crippen molar-refractivity contribution in [3.63, 3.8) is 0 Å². The quantitative estimate of drug-likeness (QED) is 0.928. The summed E-state index contributed by atoms with van der Waals surface area (Å²) in [7, 11) is -3.72. The van der Waals surface area contributed by atoms with Crippen molar-refractivity contribution >= 4 is 15.9 Å². The molecular weight excluding hydrogens is 293 g/mol. The third-order valence-corrected chi connectivity index (χ3v) is 5.90. The summed E-state index contributed by atoms with van der Waals surface area (Å²) in [4.78, 5) is 12.0. The first-order valence-electron chi connectivity index (χ1n) is 7.16. The third-order valence-electron chi connectivity index (χ3n) is 4.67. The summed E-state index contributed by atoms with van der Waals surface area (Å²) < 4.78 is 38.8. The maximum Gasteiger partial charge on any atom is 0.239 e. The van der Waals surface area contributed by atoms with E-state index >= 15 is 0 Å². The van der Waals surface area contributed by atoms with Crippen LogP contribution in [0.1, 0.15) is 37.7 Å². The molecule has 0 unspecified atom stereocenters. The average molecular weight is 311 g/mol. The first-order valence-corrected chi connectivity index (χ1v) is 8.82. The maximum atomic E-state index is 12.8. The fourth-order valence-electron chi connectivity index (χ4n) is 3.33. The number of nitrogens with one attached hydrogen (secondary N) is 1. The Hall–Kier alpha value is -1.43. The summed E-state index contributed by atoms with van der Waals surface area (Å²) in [6, 6.07) is 5.23. The lowest BCUT2D eigenvalue weighted by Gasteiger charge is -2.53. The summed E-state index contributed by atoms with van der Waals surface area (Å²) >= 11 is 0. The van der Waals surface area contributed by atoms with Crippen LogP contribution in [-0.4, -0.2) is 14.3 Å². The molecule has 1 N–H and O–H groups in total. The van der Waals surface area contributed by atoms with Crippen molar-refractivity contribution in [1.82, 2.24) is 4.72 Å². The van der Waals surface area contributed by atoms with E-state index in [1.165, 1.54) is 43.5 Å². The van der Waals surface area contributed by atoms with Crippen LogP contribution in [0.15, 0.2) is 24.3 Å². The summed E-state index contributed by atoms with van der Waals surface area (Å²) in [6.45, 7) is 0. The van der Waals surface area contributed by atoms with Crippen molar-refractivity contribution in [3.8, 4) is 0 Å². The molecule has 0 saturated heterocycles. The number of rotatable bonds is 4. The van der Waals surface area contributed by atoms with Crippen molar-refractivity contribution in [2.45, 2.75) is 37.9 Å². The third kappa shape index (κ3) is 3.10. The highest BCUT2D eigenvalue weighted by Gasteiger charge is 2.50. The molecule has 114 valence electrons. The highest BCUT2D eigenvalue weighted by molar-refractivity contribution is 7.89. The molecule has 1 aromatic rings. The van der Waals surface area contributed by atoms with Gasteiger partial charge in [-0.05, 0) is 48.8 Å². The van der Waals surface area contributed by atoms with Crippen LogP contribution in [0.5, 0.6) is 0 Å². The molecule has 2 fully saturated rings. The molecular formula is C15H18FNO3S. The molecule has 2 aliphatic rings. The summed E-state index contributed by atoms with van der Waals surface area (Å²) in [5.41, 5.74) is 0.795. The van der Waals surface area contributed by atoms with Gasteiger partial charge in [-0.15, -0.1) is 0 Å². The predicted molar refractivity (Wildman–Crippen MR) is 76.2 cm³/mol. The predicted octanol–water partition coefficient (Wildman–Crippen LogP) is 2.35. The molecule has 0 aromatic heterocycles. The standard InChI is InChI=1S/C15H18FNO3S/c16-13-4-2-11(3-5-13)10-21(19,20)17-14(18)12-8-15(9-12)6-1-7-15/h2-5,12H,1,6-10H2,(H,17,18). The Morgan fingerprint density at radius 1 is 1.24 bits per heavy atom. The van der Waals surface area contributed by atoms with Crippen molar-refractivity contribution in [2.24, 2.45) is 11.3 Å². The second kappa shape index (κ2) is 5.09. The monoisotopic (exact) mass is 311 g/mol. The lowest BCUT2D eigenvalue weighted by Crippen LogP contribution is -2.50. The Bertz CT molecular complexity index is 642. The number of benzene rings is 1. The van der Waals surface area contributed by atoms with Crippen LogP contribution in [0.2, 0.25) is 0 Å². The molecule has 0 bridgehead atoms. The second-order valence-corrected chi connectivity index (χ2v) is 8.03. The van der Waals surface area contributed by atoms with Crippen LogP contribution >= 0.6 is 0 Å². The van der Waals surface area contributed by atoms with Crippen LogP contribution in [0.3, 0.4) is 0 Å². The molecule has 1 amide bonds. The van der Waals surface area contributed by atoms with Gasteiger partial charge >= 0.3 is 0 Å². The molecule has 1 spiro atoms. The second-order valence-electron chi connectivity index (χ2n) is 6.31. The fourth-order valence-corrected chi connectivity index (χ4v) is 4.51. The largest absolute Gasteiger partial charge is 0.274 e. The molecule has 21 heavy (non-hydrogen) atoms. The Morgan fingerprint density at radius 2 is 1.86 bits per heavy atom. The zero-order chi connectivity index (χ0) is 15.1. The van der Waals surface area contributed by atoms with E-state index in [2.05, 4.69) is 4.72 Å². The minimum absolute atomic E-state index is 0.173. The van der Waals surface area contributed by atoms with Gasteiger partial charge in [0.1, 0.15) is 5.82 Å². The van der Waals surface area contributed by atoms with Crippen LogP contribution in [0.4, 0.5) is 4.39 Å². The van der Waals surface area contributed by atoms with Gasteiger partial charge < -0.3 is 0 Å². The summed E-state index contributed by atoms with van der Waals surface area (Å²) in [5.74, 6) is -1.29. The highest BCUT2D eigenvalue weighted by atomic mass is 32.2. The SMILES string of the molecule is O=C(NS(=O)(=O)Cc1ccc(F)cc1)C1CC2(CCC2)C1. The van der Waals surface area contributed by atoms with Crippen LogP contribution in [-0.2, 0) is 20.6 Å². The van der Waals surface area contributed by atoms with Gasteiger partial charge in [-0.25, -0.2) is 12.8 Å². The molecule has 2 aliphatic carbocycles. The molecule has 0 aliphatic heterocycles. The van der Waals surface area contributed by atoms with E-state index in [4.69, 9.17) is 0 Å². The van der Waals surface area contributed by atoms with Gasteiger partial charge in [0.25, 0.3) is 0 Å². The van der Waals surface area contributed by atoms with Crippen LogP contribution < -0.4 is 4.72 Å².